The van der Waals surface area contributed by atoms with Crippen LogP contribution in [0.25, 0.3) is 9.69 Å². The Balaban J connectivity index is 0.000000220. The van der Waals surface area contributed by atoms with Gasteiger partial charge in [-0.25, -0.2) is 9.69 Å². The molecule has 0 bridgehead atoms. The molecule has 2 rings (SSSR count). The molecule has 2 aromatic heterocycles. The van der Waals surface area contributed by atoms with E-state index in [1.54, 1.807) is 19.9 Å². The first-order chi connectivity index (χ1) is 10.3. The summed E-state index contributed by atoms with van der Waals surface area (Å²) in [7, 11) is 0. The molecule has 0 radical (unpaired) electrons. The largest absolute Gasteiger partial charge is 0.519 e. The summed E-state index contributed by atoms with van der Waals surface area (Å²) >= 11 is 5.60. The van der Waals surface area contributed by atoms with Gasteiger partial charge in [-0.05, 0) is 26.0 Å². The summed E-state index contributed by atoms with van der Waals surface area (Å²) in [6.07, 6.45) is 0. The van der Waals surface area contributed by atoms with E-state index in [0.717, 1.165) is 0 Å². The van der Waals surface area contributed by atoms with Gasteiger partial charge in [-0.15, -0.1) is 0 Å². The molecule has 3 N–H and O–H groups in total. The number of H-pyrrole nitrogens is 2. The average Bonchev–Trinajstić information content (AvgIpc) is 2.38. The molecule has 0 amide bonds. The molecule has 112 valence electrons. The molecule has 0 fully saturated rings. The molecule has 7 nitrogen and oxygen atoms in total. The molecule has 0 aliphatic carbocycles. The highest BCUT2D eigenvalue weighted by atomic mass is 35.5. The van der Waals surface area contributed by atoms with Gasteiger partial charge in [0, 0.05) is 11.4 Å². The van der Waals surface area contributed by atoms with Crippen LogP contribution in [0.2, 0.25) is 5.02 Å². The lowest BCUT2D eigenvalue weighted by Gasteiger charge is -1.95. The molecule has 22 heavy (non-hydrogen) atoms. The second kappa shape index (κ2) is 7.11. The Morgan fingerprint density at radius 3 is 1.86 bits per heavy atom. The first-order valence-corrected chi connectivity index (χ1v) is 6.25. The van der Waals surface area contributed by atoms with Gasteiger partial charge < -0.3 is 15.1 Å². The van der Waals surface area contributed by atoms with E-state index in [1.807, 2.05) is 0 Å². The predicted molar refractivity (Wildman–Crippen MR) is 82.8 cm³/mol. The molecule has 0 unspecified atom stereocenters. The number of hydrogen-bond acceptors (Lipinski definition) is 3. The fourth-order valence-electron chi connectivity index (χ4n) is 1.52. The highest BCUT2D eigenvalue weighted by Crippen LogP contribution is 2.20. The molecular weight excluding hydrogens is 308 g/mol. The molecule has 0 atom stereocenters. The average molecular weight is 319 g/mol. The smallest absolute Gasteiger partial charge is 0.290 e. The maximum absolute atomic E-state index is 10.9. The fraction of sp³-hybridized carbons (Fsp3) is 0.143. The Kier molecular flexibility index (Phi) is 5.50. The third-order valence-corrected chi connectivity index (χ3v) is 2.73. The number of aromatic amines is 2. The highest BCUT2D eigenvalue weighted by molar-refractivity contribution is 6.33. The first-order valence-electron chi connectivity index (χ1n) is 5.87. The number of aryl methyl sites for hydroxylation is 2. The van der Waals surface area contributed by atoms with E-state index in [-0.39, 0.29) is 22.1 Å². The van der Waals surface area contributed by atoms with Crippen LogP contribution in [0.4, 0.5) is 11.4 Å². The maximum Gasteiger partial charge on any atom is 0.290 e. The topological polar surface area (TPSA) is 94.7 Å². The molecule has 2 aromatic rings. The zero-order chi connectivity index (χ0) is 16.9. The Labute approximate surface area is 130 Å². The summed E-state index contributed by atoms with van der Waals surface area (Å²) in [5.74, 6) is -0.263. The number of hydrogen-bond donors (Lipinski definition) is 3. The summed E-state index contributed by atoms with van der Waals surface area (Å²) in [6, 6.07) is 2.89. The van der Waals surface area contributed by atoms with Crippen molar-refractivity contribution in [1.29, 1.82) is 0 Å². The van der Waals surface area contributed by atoms with Gasteiger partial charge in [-0.3, -0.25) is 9.59 Å². The number of nitrogens with one attached hydrogen (secondary N) is 2. The van der Waals surface area contributed by atoms with Crippen LogP contribution in [0.15, 0.2) is 21.7 Å². The number of pyridine rings is 2. The fourth-order valence-corrected chi connectivity index (χ4v) is 1.81. The minimum atomic E-state index is -0.544. The number of rotatable bonds is 0. The van der Waals surface area contributed by atoms with Crippen molar-refractivity contribution in [3.63, 3.8) is 0 Å². The monoisotopic (exact) mass is 318 g/mol. The number of halogens is 1. The van der Waals surface area contributed by atoms with E-state index in [2.05, 4.69) is 19.7 Å². The van der Waals surface area contributed by atoms with Crippen molar-refractivity contribution < 1.29 is 5.11 Å². The summed E-state index contributed by atoms with van der Waals surface area (Å²) in [5.41, 5.74) is -0.0670. The van der Waals surface area contributed by atoms with Gasteiger partial charge in [0.05, 0.1) is 18.2 Å². The van der Waals surface area contributed by atoms with Crippen LogP contribution in [-0.4, -0.2) is 15.1 Å². The predicted octanol–water partition coefficient (Wildman–Crippen LogP) is 2.83. The van der Waals surface area contributed by atoms with Crippen LogP contribution < -0.4 is 11.1 Å². The maximum atomic E-state index is 10.9. The zero-order valence-electron chi connectivity index (χ0n) is 11.7. The molecule has 0 spiro atoms. The van der Waals surface area contributed by atoms with Gasteiger partial charge in [0.2, 0.25) is 0 Å². The van der Waals surface area contributed by atoms with Crippen molar-refractivity contribution in [3.8, 4) is 5.75 Å². The molecule has 0 aromatic carbocycles. The summed E-state index contributed by atoms with van der Waals surface area (Å²) < 4.78 is 0. The standard InChI is InChI=1S/C7H5ClN2O.C7H6N2O2/c1-4-3-5(8)6(9-2)7(11)10-4;1-4-3-5(10)6(8-2)7(11)9-4/h3H,1H3,(H,10,11);3H,1H3,(H2,9,10,11). The van der Waals surface area contributed by atoms with Crippen LogP contribution in [-0.2, 0) is 0 Å². The van der Waals surface area contributed by atoms with Gasteiger partial charge in [0.1, 0.15) is 5.75 Å². The molecule has 8 heteroatoms. The van der Waals surface area contributed by atoms with Crippen LogP contribution in [0.5, 0.6) is 5.75 Å². The van der Waals surface area contributed by atoms with Gasteiger partial charge >= 0.3 is 0 Å². The summed E-state index contributed by atoms with van der Waals surface area (Å²) in [6.45, 7) is 16.5. The lowest BCUT2D eigenvalue weighted by molar-refractivity contribution is 0.476. The minimum absolute atomic E-state index is 0.0442. The second-order valence-corrected chi connectivity index (χ2v) is 4.62. The third kappa shape index (κ3) is 3.98. The Morgan fingerprint density at radius 1 is 1.00 bits per heavy atom. The SMILES string of the molecule is [C-]#[N+]c1c(Cl)cc(C)[nH]c1=O.[C-]#[N+]c1c(O)cc(C)[nH]c1=O. The van der Waals surface area contributed by atoms with Crippen LogP contribution >= 0.6 is 11.6 Å². The Morgan fingerprint density at radius 2 is 1.45 bits per heavy atom. The van der Waals surface area contributed by atoms with Crippen molar-refractivity contribution in [1.82, 2.24) is 9.97 Å². The summed E-state index contributed by atoms with van der Waals surface area (Å²) in [5, 5.41) is 9.25. The molecular formula is C14H11ClN4O3. The van der Waals surface area contributed by atoms with E-state index in [0.29, 0.717) is 11.4 Å². The van der Waals surface area contributed by atoms with Crippen LogP contribution in [0, 0.1) is 27.0 Å². The Hall–Kier alpha value is -3.03. The highest BCUT2D eigenvalue weighted by Gasteiger charge is 2.05. The molecule has 0 saturated carbocycles. The van der Waals surface area contributed by atoms with Gasteiger partial charge in [-0.1, -0.05) is 11.6 Å². The number of aromatic nitrogens is 2. The zero-order valence-corrected chi connectivity index (χ0v) is 12.4. The van der Waals surface area contributed by atoms with Gasteiger partial charge in [0.15, 0.2) is 0 Å². The van der Waals surface area contributed by atoms with Gasteiger partial charge in [-0.2, -0.15) is 0 Å². The number of aromatic hydroxyl groups is 1. The van der Waals surface area contributed by atoms with Crippen molar-refractivity contribution in [2.75, 3.05) is 0 Å². The van der Waals surface area contributed by atoms with E-state index in [1.165, 1.54) is 6.07 Å². The quantitative estimate of drug-likeness (QED) is 0.652. The lowest BCUT2D eigenvalue weighted by atomic mass is 10.3. The summed E-state index contributed by atoms with van der Waals surface area (Å²) in [4.78, 5) is 32.5. The Bertz CT molecular complexity index is 825. The molecule has 0 saturated heterocycles. The van der Waals surface area contributed by atoms with Crippen molar-refractivity contribution >= 4 is 23.0 Å². The number of nitrogens with zero attached hydrogens (tertiary/aromatic N) is 2. The van der Waals surface area contributed by atoms with Crippen LogP contribution in [0.3, 0.4) is 0 Å². The van der Waals surface area contributed by atoms with Crippen LogP contribution in [0.1, 0.15) is 11.4 Å². The van der Waals surface area contributed by atoms with E-state index < -0.39 is 11.1 Å². The molecule has 0 aliphatic heterocycles. The van der Waals surface area contributed by atoms with E-state index in [9.17, 15) is 9.59 Å². The van der Waals surface area contributed by atoms with Crippen molar-refractivity contribution in [2.24, 2.45) is 0 Å². The van der Waals surface area contributed by atoms with Crippen molar-refractivity contribution in [3.05, 3.63) is 72.1 Å². The molecule has 2 heterocycles. The molecule has 0 aliphatic rings. The van der Waals surface area contributed by atoms with Crippen molar-refractivity contribution in [2.45, 2.75) is 13.8 Å². The minimum Gasteiger partial charge on any atom is -0.519 e. The van der Waals surface area contributed by atoms with E-state index in [4.69, 9.17) is 29.9 Å². The lowest BCUT2D eigenvalue weighted by Crippen LogP contribution is -2.05. The first kappa shape index (κ1) is 17.0. The third-order valence-electron chi connectivity index (χ3n) is 2.44. The second-order valence-electron chi connectivity index (χ2n) is 4.22. The van der Waals surface area contributed by atoms with E-state index >= 15 is 0 Å². The van der Waals surface area contributed by atoms with Gasteiger partial charge in [0.25, 0.3) is 22.5 Å². The normalized spacial score (nSPS) is 9.14.